The minimum absolute atomic E-state index is 0.0705. The topological polar surface area (TPSA) is 105 Å². The second-order valence-corrected chi connectivity index (χ2v) is 7.19. The van der Waals surface area contributed by atoms with Gasteiger partial charge in [0.25, 0.3) is 5.91 Å². The van der Waals surface area contributed by atoms with Crippen molar-refractivity contribution in [2.24, 2.45) is 0 Å². The summed E-state index contributed by atoms with van der Waals surface area (Å²) in [7, 11) is 0. The molecule has 2 N–H and O–H groups in total. The third kappa shape index (κ3) is 3.60. The van der Waals surface area contributed by atoms with E-state index in [0.29, 0.717) is 25.1 Å². The van der Waals surface area contributed by atoms with Gasteiger partial charge in [-0.05, 0) is 27.2 Å². The number of fused-ring (bicyclic) bond motifs is 1. The zero-order valence-corrected chi connectivity index (χ0v) is 14.2. The van der Waals surface area contributed by atoms with Gasteiger partial charge in [0, 0.05) is 18.7 Å². The summed E-state index contributed by atoms with van der Waals surface area (Å²) in [5.74, 6) is -0.939. The Bertz CT molecular complexity index is 541. The van der Waals surface area contributed by atoms with E-state index in [0.717, 1.165) is 0 Å². The number of rotatable bonds is 4. The standard InChI is InChI=1S/C14H21N3O5S/c1-4-15-13(21)16-11(19)8(2)22-12(20)9-7-23-14(3)6-5-10(18)17(9)14/h8-9H,4-7H2,1-3H3,(H2,15,16,19,21)/t8-,9-,14+/m0/s1. The molecule has 0 bridgehead atoms. The molecular weight excluding hydrogens is 322 g/mol. The number of hydrogen-bond donors (Lipinski definition) is 2. The first-order valence-electron chi connectivity index (χ1n) is 7.54. The summed E-state index contributed by atoms with van der Waals surface area (Å²) in [6.07, 6.45) is 0.00765. The molecule has 128 valence electrons. The third-order valence-corrected chi connectivity index (χ3v) is 5.46. The Balaban J connectivity index is 1.93. The summed E-state index contributed by atoms with van der Waals surface area (Å²) >= 11 is 1.55. The van der Waals surface area contributed by atoms with Crippen LogP contribution >= 0.6 is 11.8 Å². The molecular formula is C14H21N3O5S. The zero-order chi connectivity index (χ0) is 17.2. The Morgan fingerprint density at radius 1 is 1.48 bits per heavy atom. The van der Waals surface area contributed by atoms with Gasteiger partial charge in [0.15, 0.2) is 6.10 Å². The van der Waals surface area contributed by atoms with Crippen LogP contribution in [0, 0.1) is 0 Å². The molecule has 0 aromatic heterocycles. The number of ether oxygens (including phenoxy) is 1. The molecule has 0 saturated carbocycles. The Hall–Kier alpha value is -1.77. The number of thioether (sulfide) groups is 1. The van der Waals surface area contributed by atoms with Crippen LogP contribution in [0.25, 0.3) is 0 Å². The van der Waals surface area contributed by atoms with Gasteiger partial charge in [-0.25, -0.2) is 9.59 Å². The molecule has 0 aromatic rings. The van der Waals surface area contributed by atoms with Crippen molar-refractivity contribution in [2.75, 3.05) is 12.3 Å². The fourth-order valence-electron chi connectivity index (χ4n) is 2.72. The van der Waals surface area contributed by atoms with E-state index in [1.807, 2.05) is 6.92 Å². The molecule has 3 atom stereocenters. The van der Waals surface area contributed by atoms with E-state index in [9.17, 15) is 19.2 Å². The molecule has 4 amide bonds. The number of amides is 4. The van der Waals surface area contributed by atoms with Crippen LogP contribution in [0.2, 0.25) is 0 Å². The van der Waals surface area contributed by atoms with E-state index in [-0.39, 0.29) is 10.8 Å². The molecule has 0 aromatic carbocycles. The molecule has 0 radical (unpaired) electrons. The molecule has 0 aliphatic carbocycles. The fraction of sp³-hybridized carbons (Fsp3) is 0.714. The number of hydrogen-bond acceptors (Lipinski definition) is 6. The minimum atomic E-state index is -1.11. The number of nitrogens with one attached hydrogen (secondary N) is 2. The number of carbonyl (C=O) groups excluding carboxylic acids is 4. The number of imide groups is 1. The highest BCUT2D eigenvalue weighted by molar-refractivity contribution is 8.01. The number of nitrogens with zero attached hydrogens (tertiary/aromatic N) is 1. The summed E-state index contributed by atoms with van der Waals surface area (Å²) in [4.78, 5) is 48.6. The van der Waals surface area contributed by atoms with Crippen molar-refractivity contribution in [3.8, 4) is 0 Å². The fourth-order valence-corrected chi connectivity index (χ4v) is 4.14. The first-order chi connectivity index (χ1) is 10.8. The van der Waals surface area contributed by atoms with Gasteiger partial charge in [0.2, 0.25) is 5.91 Å². The zero-order valence-electron chi connectivity index (χ0n) is 13.4. The van der Waals surface area contributed by atoms with Crippen molar-refractivity contribution in [1.82, 2.24) is 15.5 Å². The normalized spacial score (nSPS) is 27.3. The van der Waals surface area contributed by atoms with Gasteiger partial charge < -0.3 is 15.0 Å². The molecule has 0 unspecified atom stereocenters. The summed E-state index contributed by atoms with van der Waals surface area (Å²) < 4.78 is 5.14. The summed E-state index contributed by atoms with van der Waals surface area (Å²) in [5.41, 5.74) is 0. The molecule has 2 rings (SSSR count). The number of esters is 1. The lowest BCUT2D eigenvalue weighted by Crippen LogP contribution is -2.49. The van der Waals surface area contributed by atoms with Crippen LogP contribution in [0.3, 0.4) is 0 Å². The van der Waals surface area contributed by atoms with Crippen molar-refractivity contribution in [3.05, 3.63) is 0 Å². The molecule has 23 heavy (non-hydrogen) atoms. The lowest BCUT2D eigenvalue weighted by molar-refractivity contribution is -0.161. The van der Waals surface area contributed by atoms with Gasteiger partial charge in [-0.15, -0.1) is 11.8 Å². The van der Waals surface area contributed by atoms with Crippen molar-refractivity contribution in [2.45, 2.75) is 50.6 Å². The summed E-state index contributed by atoms with van der Waals surface area (Å²) in [6.45, 7) is 5.41. The molecule has 2 saturated heterocycles. The van der Waals surface area contributed by atoms with Gasteiger partial charge in [-0.2, -0.15) is 0 Å². The second-order valence-electron chi connectivity index (χ2n) is 5.69. The van der Waals surface area contributed by atoms with Gasteiger partial charge in [-0.1, -0.05) is 0 Å². The molecule has 2 fully saturated rings. The van der Waals surface area contributed by atoms with Crippen LogP contribution in [0.4, 0.5) is 4.79 Å². The predicted molar refractivity (Wildman–Crippen MR) is 83.5 cm³/mol. The lowest BCUT2D eigenvalue weighted by atomic mass is 10.2. The SMILES string of the molecule is CCNC(=O)NC(=O)[C@H](C)OC(=O)[C@@H]1CS[C@]2(C)CCC(=O)N12. The molecule has 2 aliphatic heterocycles. The van der Waals surface area contributed by atoms with Crippen molar-refractivity contribution < 1.29 is 23.9 Å². The van der Waals surface area contributed by atoms with Crippen LogP contribution in [-0.2, 0) is 19.1 Å². The van der Waals surface area contributed by atoms with E-state index in [4.69, 9.17) is 4.74 Å². The van der Waals surface area contributed by atoms with Gasteiger partial charge in [0.1, 0.15) is 6.04 Å². The number of urea groups is 1. The Labute approximate surface area is 138 Å². The average Bonchev–Trinajstić information content (AvgIpc) is 2.96. The second kappa shape index (κ2) is 6.77. The highest BCUT2D eigenvalue weighted by Crippen LogP contribution is 2.47. The van der Waals surface area contributed by atoms with Crippen molar-refractivity contribution in [3.63, 3.8) is 0 Å². The van der Waals surface area contributed by atoms with Crippen LogP contribution in [0.1, 0.15) is 33.6 Å². The van der Waals surface area contributed by atoms with Gasteiger partial charge in [0.05, 0.1) is 4.87 Å². The molecule has 0 spiro atoms. The van der Waals surface area contributed by atoms with Gasteiger partial charge >= 0.3 is 12.0 Å². The van der Waals surface area contributed by atoms with Crippen LogP contribution < -0.4 is 10.6 Å². The minimum Gasteiger partial charge on any atom is -0.451 e. The Kier molecular flexibility index (Phi) is 5.18. The average molecular weight is 343 g/mol. The van der Waals surface area contributed by atoms with Crippen molar-refractivity contribution >= 4 is 35.6 Å². The van der Waals surface area contributed by atoms with E-state index in [1.54, 1.807) is 23.6 Å². The Morgan fingerprint density at radius 3 is 2.83 bits per heavy atom. The largest absolute Gasteiger partial charge is 0.451 e. The monoisotopic (exact) mass is 343 g/mol. The molecule has 2 heterocycles. The summed E-state index contributed by atoms with van der Waals surface area (Å²) in [5, 5.41) is 4.50. The van der Waals surface area contributed by atoms with E-state index in [2.05, 4.69) is 10.6 Å². The highest BCUT2D eigenvalue weighted by atomic mass is 32.2. The van der Waals surface area contributed by atoms with Crippen LogP contribution in [-0.4, -0.2) is 58.0 Å². The maximum atomic E-state index is 12.3. The predicted octanol–water partition coefficient (Wildman–Crippen LogP) is 0.218. The molecule has 9 heteroatoms. The number of carbonyl (C=O) groups is 4. The van der Waals surface area contributed by atoms with E-state index >= 15 is 0 Å². The smallest absolute Gasteiger partial charge is 0.330 e. The lowest BCUT2D eigenvalue weighted by Gasteiger charge is -2.29. The van der Waals surface area contributed by atoms with Crippen LogP contribution in [0.15, 0.2) is 0 Å². The Morgan fingerprint density at radius 2 is 2.17 bits per heavy atom. The first kappa shape index (κ1) is 17.6. The van der Waals surface area contributed by atoms with Crippen LogP contribution in [0.5, 0.6) is 0 Å². The highest BCUT2D eigenvalue weighted by Gasteiger charge is 2.53. The van der Waals surface area contributed by atoms with Crippen molar-refractivity contribution in [1.29, 1.82) is 0 Å². The maximum Gasteiger partial charge on any atom is 0.330 e. The van der Waals surface area contributed by atoms with Gasteiger partial charge in [-0.3, -0.25) is 14.9 Å². The quantitative estimate of drug-likeness (QED) is 0.708. The maximum absolute atomic E-state index is 12.3. The molecule has 8 nitrogen and oxygen atoms in total. The first-order valence-corrected chi connectivity index (χ1v) is 8.52. The summed E-state index contributed by atoms with van der Waals surface area (Å²) in [6, 6.07) is -1.32. The van der Waals surface area contributed by atoms with E-state index < -0.39 is 30.1 Å². The van der Waals surface area contributed by atoms with E-state index in [1.165, 1.54) is 6.92 Å². The third-order valence-electron chi connectivity index (χ3n) is 3.95. The molecule has 2 aliphatic rings.